The van der Waals surface area contributed by atoms with E-state index >= 15 is 0 Å². The number of halogens is 1. The van der Waals surface area contributed by atoms with Gasteiger partial charge >= 0.3 is 0 Å². The first-order chi connectivity index (χ1) is 10.8. The number of rotatable bonds is 4. The maximum Gasteiger partial charge on any atom is 0.264 e. The Kier molecular flexibility index (Phi) is 6.62. The molecule has 126 valence electrons. The van der Waals surface area contributed by atoms with Crippen LogP contribution in [0.5, 0.6) is 0 Å². The molecule has 7 heteroatoms. The highest BCUT2D eigenvalue weighted by molar-refractivity contribution is 7.12. The predicted molar refractivity (Wildman–Crippen MR) is 94.2 cm³/mol. The van der Waals surface area contributed by atoms with E-state index in [-0.39, 0.29) is 30.3 Å². The first-order valence-corrected chi connectivity index (χ1v) is 8.64. The van der Waals surface area contributed by atoms with Crippen LogP contribution >= 0.6 is 23.7 Å². The minimum atomic E-state index is -0.322. The first-order valence-electron chi connectivity index (χ1n) is 7.76. The molecule has 1 aromatic rings. The van der Waals surface area contributed by atoms with Crippen LogP contribution in [0.25, 0.3) is 0 Å². The molecule has 1 atom stereocenters. The van der Waals surface area contributed by atoms with Crippen molar-refractivity contribution in [3.05, 3.63) is 34.0 Å². The summed E-state index contributed by atoms with van der Waals surface area (Å²) < 4.78 is 0. The van der Waals surface area contributed by atoms with Crippen molar-refractivity contribution in [3.63, 3.8) is 0 Å². The van der Waals surface area contributed by atoms with Crippen LogP contribution < -0.4 is 10.6 Å². The lowest BCUT2D eigenvalue weighted by Crippen LogP contribution is -2.46. The number of nitrogens with zero attached hydrogens (tertiary/aromatic N) is 1. The molecule has 0 radical (unpaired) electrons. The fourth-order valence-electron chi connectivity index (χ4n) is 2.97. The molecular formula is C16H22ClN3O2S. The zero-order valence-electron chi connectivity index (χ0n) is 12.9. The van der Waals surface area contributed by atoms with Gasteiger partial charge in [0.15, 0.2) is 0 Å². The molecule has 1 unspecified atom stereocenters. The summed E-state index contributed by atoms with van der Waals surface area (Å²) in [4.78, 5) is 27.3. The molecule has 2 aliphatic rings. The summed E-state index contributed by atoms with van der Waals surface area (Å²) in [6, 6.07) is 3.36. The lowest BCUT2D eigenvalue weighted by atomic mass is 10.1. The Hall–Kier alpha value is -1.37. The number of thiophene rings is 1. The van der Waals surface area contributed by atoms with E-state index in [1.165, 1.54) is 16.9 Å². The minimum absolute atomic E-state index is 0. The van der Waals surface area contributed by atoms with Crippen molar-refractivity contribution in [1.82, 2.24) is 15.5 Å². The van der Waals surface area contributed by atoms with Crippen LogP contribution in [0.1, 0.15) is 28.9 Å². The van der Waals surface area contributed by atoms with E-state index in [2.05, 4.69) is 16.7 Å². The summed E-state index contributed by atoms with van der Waals surface area (Å²) in [5.74, 6) is -0.0458. The van der Waals surface area contributed by atoms with Crippen molar-refractivity contribution >= 4 is 35.6 Å². The van der Waals surface area contributed by atoms with Crippen LogP contribution in [0.3, 0.4) is 0 Å². The molecule has 3 rings (SSSR count). The van der Waals surface area contributed by atoms with E-state index in [4.69, 9.17) is 0 Å². The molecule has 2 amide bonds. The van der Waals surface area contributed by atoms with Crippen LogP contribution in [0, 0.1) is 0 Å². The Labute approximate surface area is 146 Å². The highest BCUT2D eigenvalue weighted by atomic mass is 35.5. The molecule has 0 aliphatic carbocycles. The van der Waals surface area contributed by atoms with Gasteiger partial charge < -0.3 is 15.5 Å². The predicted octanol–water partition coefficient (Wildman–Crippen LogP) is 1.81. The van der Waals surface area contributed by atoms with Gasteiger partial charge in [-0.2, -0.15) is 0 Å². The molecule has 1 fully saturated rings. The number of hydrogen-bond donors (Lipinski definition) is 2. The lowest BCUT2D eigenvalue weighted by molar-refractivity contribution is -0.124. The highest BCUT2D eigenvalue weighted by Gasteiger charge is 2.34. The zero-order valence-corrected chi connectivity index (χ0v) is 14.5. The van der Waals surface area contributed by atoms with Crippen molar-refractivity contribution in [2.45, 2.75) is 25.3 Å². The molecule has 5 nitrogen and oxygen atoms in total. The van der Waals surface area contributed by atoms with E-state index in [9.17, 15) is 9.59 Å². The standard InChI is InChI=1S/C16H21N3O2S.ClH/c20-15(18-11-12-5-7-17-8-6-12)13-3-1-9-19(13)16(21)14-4-2-10-22-14;/h2,4-5,10,13,17H,1,3,6-9,11H2,(H,18,20);1H. The first kappa shape index (κ1) is 18.0. The molecule has 2 N–H and O–H groups in total. The third-order valence-corrected chi connectivity index (χ3v) is 5.05. The molecular weight excluding hydrogens is 334 g/mol. The van der Waals surface area contributed by atoms with Gasteiger partial charge in [0.05, 0.1) is 4.88 Å². The van der Waals surface area contributed by atoms with Gasteiger partial charge in [-0.3, -0.25) is 9.59 Å². The second-order valence-corrected chi connectivity index (χ2v) is 6.62. The van der Waals surface area contributed by atoms with E-state index in [0.717, 1.165) is 32.4 Å². The van der Waals surface area contributed by atoms with Gasteiger partial charge in [0, 0.05) is 19.6 Å². The van der Waals surface area contributed by atoms with E-state index in [1.54, 1.807) is 4.90 Å². The Bertz CT molecular complexity index is 574. The molecule has 1 saturated heterocycles. The van der Waals surface area contributed by atoms with Crippen LogP contribution in [-0.4, -0.2) is 48.9 Å². The fourth-order valence-corrected chi connectivity index (χ4v) is 3.65. The third-order valence-electron chi connectivity index (χ3n) is 4.20. The average Bonchev–Trinajstić information content (AvgIpc) is 3.24. The van der Waals surface area contributed by atoms with Crippen molar-refractivity contribution in [3.8, 4) is 0 Å². The number of hydrogen-bond acceptors (Lipinski definition) is 4. The van der Waals surface area contributed by atoms with Gasteiger partial charge in [0.1, 0.15) is 6.04 Å². The maximum absolute atomic E-state index is 12.5. The van der Waals surface area contributed by atoms with Crippen molar-refractivity contribution in [2.75, 3.05) is 26.2 Å². The second-order valence-electron chi connectivity index (χ2n) is 5.67. The molecule has 2 aliphatic heterocycles. The average molecular weight is 356 g/mol. The van der Waals surface area contributed by atoms with Crippen LogP contribution in [0.2, 0.25) is 0 Å². The Morgan fingerprint density at radius 1 is 1.43 bits per heavy atom. The number of carbonyl (C=O) groups excluding carboxylic acids is 2. The molecule has 0 aromatic carbocycles. The number of nitrogens with one attached hydrogen (secondary N) is 2. The molecule has 1 aromatic heterocycles. The topological polar surface area (TPSA) is 61.4 Å². The smallest absolute Gasteiger partial charge is 0.264 e. The number of amides is 2. The molecule has 0 saturated carbocycles. The Morgan fingerprint density at radius 3 is 3.00 bits per heavy atom. The lowest BCUT2D eigenvalue weighted by Gasteiger charge is -2.24. The largest absolute Gasteiger partial charge is 0.351 e. The molecule has 0 bridgehead atoms. The second kappa shape index (κ2) is 8.47. The zero-order chi connectivity index (χ0) is 15.4. The highest BCUT2D eigenvalue weighted by Crippen LogP contribution is 2.22. The summed E-state index contributed by atoms with van der Waals surface area (Å²) in [5, 5.41) is 8.14. The van der Waals surface area contributed by atoms with E-state index in [1.807, 2.05) is 17.5 Å². The van der Waals surface area contributed by atoms with E-state index < -0.39 is 0 Å². The summed E-state index contributed by atoms with van der Waals surface area (Å²) >= 11 is 1.43. The van der Waals surface area contributed by atoms with Crippen LogP contribution in [-0.2, 0) is 4.79 Å². The normalized spacial score (nSPS) is 20.6. The van der Waals surface area contributed by atoms with Crippen molar-refractivity contribution < 1.29 is 9.59 Å². The molecule has 0 spiro atoms. The number of likely N-dealkylation sites (tertiary alicyclic amines) is 1. The fraction of sp³-hybridized carbons (Fsp3) is 0.500. The summed E-state index contributed by atoms with van der Waals surface area (Å²) in [6.45, 7) is 3.10. The summed E-state index contributed by atoms with van der Waals surface area (Å²) in [6.07, 6.45) is 4.75. The van der Waals surface area contributed by atoms with Crippen molar-refractivity contribution in [1.29, 1.82) is 0 Å². The van der Waals surface area contributed by atoms with Gasteiger partial charge in [-0.25, -0.2) is 0 Å². The van der Waals surface area contributed by atoms with Gasteiger partial charge in [-0.05, 0) is 37.3 Å². The van der Waals surface area contributed by atoms with Crippen LogP contribution in [0.15, 0.2) is 29.2 Å². The molecule has 3 heterocycles. The maximum atomic E-state index is 12.5. The summed E-state index contributed by atoms with van der Waals surface area (Å²) in [7, 11) is 0. The van der Waals surface area contributed by atoms with Gasteiger partial charge in [0.2, 0.25) is 5.91 Å². The molecule has 23 heavy (non-hydrogen) atoms. The number of carbonyl (C=O) groups is 2. The van der Waals surface area contributed by atoms with E-state index in [0.29, 0.717) is 18.0 Å². The quantitative estimate of drug-likeness (QED) is 0.810. The third kappa shape index (κ3) is 4.34. The summed E-state index contributed by atoms with van der Waals surface area (Å²) in [5.41, 5.74) is 1.27. The minimum Gasteiger partial charge on any atom is -0.351 e. The van der Waals surface area contributed by atoms with Gasteiger partial charge in [0.25, 0.3) is 5.91 Å². The van der Waals surface area contributed by atoms with Gasteiger partial charge in [-0.1, -0.05) is 17.7 Å². The monoisotopic (exact) mass is 355 g/mol. The SMILES string of the molecule is Cl.O=C(NCC1=CCNCC1)C1CCCN1C(=O)c1cccs1. The van der Waals surface area contributed by atoms with Gasteiger partial charge in [-0.15, -0.1) is 23.7 Å². The van der Waals surface area contributed by atoms with Crippen LogP contribution in [0.4, 0.5) is 0 Å². The Morgan fingerprint density at radius 2 is 2.30 bits per heavy atom. The Balaban J connectivity index is 0.00000192. The van der Waals surface area contributed by atoms with Crippen molar-refractivity contribution in [2.24, 2.45) is 0 Å².